The Balaban J connectivity index is 1.90. The van der Waals surface area contributed by atoms with Crippen molar-refractivity contribution in [2.24, 2.45) is 10.7 Å². The van der Waals surface area contributed by atoms with E-state index in [2.05, 4.69) is 15.5 Å². The van der Waals surface area contributed by atoms with Crippen molar-refractivity contribution in [1.29, 1.82) is 0 Å². The summed E-state index contributed by atoms with van der Waals surface area (Å²) >= 11 is 0. The molecule has 116 valence electrons. The number of nitrogens with two attached hydrogens (primary N) is 1. The number of nitrogens with one attached hydrogen (secondary N) is 1. The van der Waals surface area contributed by atoms with Crippen LogP contribution in [0.15, 0.2) is 38.3 Å². The molecule has 2 rings (SSSR count). The Morgan fingerprint density at radius 2 is 2.18 bits per heavy atom. The molecule has 0 saturated heterocycles. The zero-order chi connectivity index (χ0) is 16.1. The first kappa shape index (κ1) is 15.6. The van der Waals surface area contributed by atoms with E-state index in [1.165, 1.54) is 6.08 Å². The summed E-state index contributed by atoms with van der Waals surface area (Å²) in [5, 5.41) is 6.90. The smallest absolute Gasteiger partial charge is 0.314 e. The van der Waals surface area contributed by atoms with Crippen LogP contribution >= 0.6 is 0 Å². The van der Waals surface area contributed by atoms with Crippen LogP contribution in [0.2, 0.25) is 0 Å². The highest BCUT2D eigenvalue weighted by molar-refractivity contribution is 6.04. The third kappa shape index (κ3) is 3.85. The Morgan fingerprint density at radius 1 is 1.41 bits per heavy atom. The molecule has 22 heavy (non-hydrogen) atoms. The van der Waals surface area contributed by atoms with Gasteiger partial charge in [0.2, 0.25) is 0 Å². The summed E-state index contributed by atoms with van der Waals surface area (Å²) in [4.78, 5) is 15.5. The molecule has 2 heterocycles. The number of hydrogen-bond acceptors (Lipinski definition) is 5. The maximum Gasteiger partial charge on any atom is 0.314 e. The summed E-state index contributed by atoms with van der Waals surface area (Å²) in [6.45, 7) is 6.02. The van der Waals surface area contributed by atoms with Gasteiger partial charge in [-0.05, 0) is 39.0 Å². The maximum absolute atomic E-state index is 11.7. The summed E-state index contributed by atoms with van der Waals surface area (Å²) in [6, 6.07) is 3.26. The lowest BCUT2D eigenvalue weighted by Crippen LogP contribution is -2.13. The normalized spacial score (nSPS) is 12.0. The van der Waals surface area contributed by atoms with Crippen molar-refractivity contribution in [2.45, 2.75) is 27.3 Å². The predicted molar refractivity (Wildman–Crippen MR) is 81.4 cm³/mol. The van der Waals surface area contributed by atoms with Gasteiger partial charge in [-0.2, -0.15) is 4.99 Å². The number of aryl methyl sites for hydroxylation is 3. The SMILES string of the molecule is Cc1ccc(C(=O)N=C(N)/C=C\NCc2c(C)noc2C)o1. The van der Waals surface area contributed by atoms with E-state index in [-0.39, 0.29) is 11.6 Å². The van der Waals surface area contributed by atoms with Crippen LogP contribution < -0.4 is 11.1 Å². The molecule has 2 aromatic rings. The van der Waals surface area contributed by atoms with Crippen LogP contribution in [0.25, 0.3) is 0 Å². The lowest BCUT2D eigenvalue weighted by molar-refractivity contribution is 0.0975. The summed E-state index contributed by atoms with van der Waals surface area (Å²) in [7, 11) is 0. The monoisotopic (exact) mass is 302 g/mol. The third-order valence-electron chi connectivity index (χ3n) is 3.01. The van der Waals surface area contributed by atoms with Crippen LogP contribution in [0, 0.1) is 20.8 Å². The number of carbonyl (C=O) groups excluding carboxylic acids is 1. The minimum absolute atomic E-state index is 0.0883. The average Bonchev–Trinajstić information content (AvgIpc) is 3.03. The van der Waals surface area contributed by atoms with Gasteiger partial charge in [0.25, 0.3) is 0 Å². The van der Waals surface area contributed by atoms with E-state index >= 15 is 0 Å². The van der Waals surface area contributed by atoms with Crippen LogP contribution in [-0.4, -0.2) is 16.9 Å². The van der Waals surface area contributed by atoms with Crippen LogP contribution in [0.5, 0.6) is 0 Å². The van der Waals surface area contributed by atoms with E-state index in [9.17, 15) is 4.79 Å². The van der Waals surface area contributed by atoms with Crippen LogP contribution in [-0.2, 0) is 6.54 Å². The molecule has 0 spiro atoms. The van der Waals surface area contributed by atoms with Crippen LogP contribution in [0.4, 0.5) is 0 Å². The third-order valence-corrected chi connectivity index (χ3v) is 3.01. The molecule has 0 fully saturated rings. The van der Waals surface area contributed by atoms with Gasteiger partial charge >= 0.3 is 5.91 Å². The Hall–Kier alpha value is -2.83. The standard InChI is InChI=1S/C15H18N4O3/c1-9-4-5-13(21-9)15(20)18-14(16)6-7-17-8-12-10(2)19-22-11(12)3/h4-7,17H,8H2,1-3H3,(H2,16,18,20)/b7-6-. The van der Waals surface area contributed by atoms with Gasteiger partial charge in [0.15, 0.2) is 5.76 Å². The molecule has 0 bridgehead atoms. The molecule has 0 aliphatic carbocycles. The maximum atomic E-state index is 11.7. The molecule has 7 heteroatoms. The molecule has 0 aromatic carbocycles. The Labute approximate surface area is 127 Å². The lowest BCUT2D eigenvalue weighted by Gasteiger charge is -1.99. The average molecular weight is 302 g/mol. The molecule has 1 amide bonds. The van der Waals surface area contributed by atoms with E-state index < -0.39 is 5.91 Å². The zero-order valence-electron chi connectivity index (χ0n) is 12.7. The van der Waals surface area contributed by atoms with E-state index in [1.54, 1.807) is 25.3 Å². The van der Waals surface area contributed by atoms with E-state index in [0.29, 0.717) is 12.3 Å². The Kier molecular flexibility index (Phi) is 4.77. The Morgan fingerprint density at radius 3 is 2.77 bits per heavy atom. The van der Waals surface area contributed by atoms with E-state index in [4.69, 9.17) is 14.7 Å². The van der Waals surface area contributed by atoms with Crippen molar-refractivity contribution in [3.63, 3.8) is 0 Å². The summed E-state index contributed by atoms with van der Waals surface area (Å²) in [5.74, 6) is 1.15. The molecule has 0 aliphatic heterocycles. The minimum Gasteiger partial charge on any atom is -0.456 e. The number of amides is 1. The molecule has 3 N–H and O–H groups in total. The van der Waals surface area contributed by atoms with E-state index in [0.717, 1.165) is 17.0 Å². The van der Waals surface area contributed by atoms with Gasteiger partial charge in [-0.1, -0.05) is 5.16 Å². The van der Waals surface area contributed by atoms with Gasteiger partial charge in [-0.15, -0.1) is 0 Å². The molecular formula is C15H18N4O3. The molecule has 2 aromatic heterocycles. The number of carbonyl (C=O) groups is 1. The summed E-state index contributed by atoms with van der Waals surface area (Å²) < 4.78 is 10.2. The summed E-state index contributed by atoms with van der Waals surface area (Å²) in [5.41, 5.74) is 7.49. The molecule has 0 radical (unpaired) electrons. The number of rotatable bonds is 5. The van der Waals surface area contributed by atoms with Gasteiger partial charge in [-0.3, -0.25) is 4.79 Å². The van der Waals surface area contributed by atoms with Crippen LogP contribution in [0.1, 0.15) is 33.3 Å². The number of hydrogen-bond donors (Lipinski definition) is 2. The van der Waals surface area contributed by atoms with Gasteiger partial charge < -0.3 is 20.0 Å². The van der Waals surface area contributed by atoms with Crippen molar-refractivity contribution in [2.75, 3.05) is 0 Å². The molecule has 0 unspecified atom stereocenters. The van der Waals surface area contributed by atoms with Crippen molar-refractivity contribution in [3.8, 4) is 0 Å². The van der Waals surface area contributed by atoms with Gasteiger partial charge in [0.1, 0.15) is 17.4 Å². The highest BCUT2D eigenvalue weighted by atomic mass is 16.5. The second-order valence-electron chi connectivity index (χ2n) is 4.77. The summed E-state index contributed by atoms with van der Waals surface area (Å²) in [6.07, 6.45) is 3.12. The quantitative estimate of drug-likeness (QED) is 0.646. The lowest BCUT2D eigenvalue weighted by atomic mass is 10.2. The fourth-order valence-electron chi connectivity index (χ4n) is 1.82. The number of aromatic nitrogens is 1. The first-order valence-corrected chi connectivity index (χ1v) is 6.74. The van der Waals surface area contributed by atoms with Crippen molar-refractivity contribution >= 4 is 11.7 Å². The number of amidine groups is 1. The van der Waals surface area contributed by atoms with Crippen LogP contribution in [0.3, 0.4) is 0 Å². The second kappa shape index (κ2) is 6.75. The van der Waals surface area contributed by atoms with Crippen molar-refractivity contribution in [3.05, 3.63) is 52.9 Å². The highest BCUT2D eigenvalue weighted by Gasteiger charge is 2.09. The largest absolute Gasteiger partial charge is 0.456 e. The van der Waals surface area contributed by atoms with Crippen molar-refractivity contribution < 1.29 is 13.7 Å². The molecule has 0 aliphatic rings. The molecule has 7 nitrogen and oxygen atoms in total. The van der Waals surface area contributed by atoms with Gasteiger partial charge in [0.05, 0.1) is 5.69 Å². The fraction of sp³-hybridized carbons (Fsp3) is 0.267. The van der Waals surface area contributed by atoms with Gasteiger partial charge in [0, 0.05) is 18.3 Å². The first-order valence-electron chi connectivity index (χ1n) is 6.74. The predicted octanol–water partition coefficient (Wildman–Crippen LogP) is 1.99. The van der Waals surface area contributed by atoms with Crippen molar-refractivity contribution in [1.82, 2.24) is 10.5 Å². The highest BCUT2D eigenvalue weighted by Crippen LogP contribution is 2.11. The second-order valence-corrected chi connectivity index (χ2v) is 4.77. The molecule has 0 saturated carbocycles. The molecular weight excluding hydrogens is 284 g/mol. The number of furan rings is 1. The van der Waals surface area contributed by atoms with E-state index in [1.807, 2.05) is 13.8 Å². The first-order chi connectivity index (χ1) is 10.5. The topological polar surface area (TPSA) is 107 Å². The minimum atomic E-state index is -0.513. The Bertz CT molecular complexity index is 705. The van der Waals surface area contributed by atoms with Gasteiger partial charge in [-0.25, -0.2) is 0 Å². The fourth-order valence-corrected chi connectivity index (χ4v) is 1.82. The number of aliphatic imine (C=N–C) groups is 1. The molecule has 0 atom stereocenters. The zero-order valence-corrected chi connectivity index (χ0v) is 12.7. The number of nitrogens with zero attached hydrogens (tertiary/aromatic N) is 2.